The van der Waals surface area contributed by atoms with Gasteiger partial charge >= 0.3 is 0 Å². The second kappa shape index (κ2) is 5.31. The maximum Gasteiger partial charge on any atom is 0.166 e. The van der Waals surface area contributed by atoms with E-state index < -0.39 is 0 Å². The lowest BCUT2D eigenvalue weighted by molar-refractivity contribution is 0.799. The fraction of sp³-hybridized carbons (Fsp3) is 0.235. The molecule has 4 aromatic heterocycles. The standard InChI is InChI=1S/C17H17N5S/c1-10-7-11(2)20-17-13(10)14-15(23-17)16(21-22(14)3)19-9-12-5-4-6-18-8-12/h4-8H,9H2,1-3H3,(H,19,21). The summed E-state index contributed by atoms with van der Waals surface area (Å²) in [7, 11) is 1.99. The minimum Gasteiger partial charge on any atom is -0.363 e. The lowest BCUT2D eigenvalue weighted by Crippen LogP contribution is -2.01. The number of rotatable bonds is 3. The molecule has 0 fully saturated rings. The maximum atomic E-state index is 4.69. The van der Waals surface area contributed by atoms with Crippen LogP contribution in [0.3, 0.4) is 0 Å². The molecule has 6 heteroatoms. The van der Waals surface area contributed by atoms with E-state index in [1.165, 1.54) is 10.9 Å². The normalized spacial score (nSPS) is 11.4. The molecule has 0 saturated heterocycles. The van der Waals surface area contributed by atoms with Gasteiger partial charge < -0.3 is 5.32 Å². The van der Waals surface area contributed by atoms with Crippen molar-refractivity contribution in [3.63, 3.8) is 0 Å². The molecule has 5 nitrogen and oxygen atoms in total. The van der Waals surface area contributed by atoms with E-state index in [4.69, 9.17) is 0 Å². The van der Waals surface area contributed by atoms with Crippen molar-refractivity contribution in [3.05, 3.63) is 47.4 Å². The molecule has 0 aromatic carbocycles. The fourth-order valence-corrected chi connectivity index (χ4v) is 4.22. The Kier molecular flexibility index (Phi) is 3.27. The Labute approximate surface area is 138 Å². The zero-order chi connectivity index (χ0) is 16.0. The highest BCUT2D eigenvalue weighted by Gasteiger charge is 2.17. The zero-order valence-electron chi connectivity index (χ0n) is 13.3. The van der Waals surface area contributed by atoms with Gasteiger partial charge in [-0.3, -0.25) is 9.67 Å². The molecule has 0 aliphatic heterocycles. The monoisotopic (exact) mass is 323 g/mol. The number of anilines is 1. The average molecular weight is 323 g/mol. The summed E-state index contributed by atoms with van der Waals surface area (Å²) in [6.07, 6.45) is 3.65. The number of pyridine rings is 2. The van der Waals surface area contributed by atoms with Gasteiger partial charge in [-0.25, -0.2) is 4.98 Å². The molecule has 0 spiro atoms. The number of aromatic nitrogens is 4. The smallest absolute Gasteiger partial charge is 0.166 e. The molecule has 0 aliphatic carbocycles. The van der Waals surface area contributed by atoms with Crippen LogP contribution in [0.5, 0.6) is 0 Å². The number of hydrogen-bond acceptors (Lipinski definition) is 5. The molecule has 4 aromatic rings. The van der Waals surface area contributed by atoms with Crippen LogP contribution < -0.4 is 5.32 Å². The van der Waals surface area contributed by atoms with E-state index in [1.807, 2.05) is 30.9 Å². The van der Waals surface area contributed by atoms with Crippen molar-refractivity contribution in [2.75, 3.05) is 5.32 Å². The third-order valence-corrected chi connectivity index (χ3v) is 5.01. The zero-order valence-corrected chi connectivity index (χ0v) is 14.1. The first-order valence-corrected chi connectivity index (χ1v) is 8.31. The van der Waals surface area contributed by atoms with Gasteiger partial charge in [0, 0.05) is 37.1 Å². The Morgan fingerprint density at radius 1 is 1.30 bits per heavy atom. The third-order valence-electron chi connectivity index (χ3n) is 3.93. The Balaban J connectivity index is 1.80. The molecule has 4 rings (SSSR count). The Morgan fingerprint density at radius 2 is 2.17 bits per heavy atom. The van der Waals surface area contributed by atoms with E-state index in [2.05, 4.69) is 39.4 Å². The Hall–Kier alpha value is -2.47. The topological polar surface area (TPSA) is 55.6 Å². The fourth-order valence-electron chi connectivity index (χ4n) is 2.94. The summed E-state index contributed by atoms with van der Waals surface area (Å²) >= 11 is 1.70. The van der Waals surface area contributed by atoms with E-state index in [0.29, 0.717) is 6.54 Å². The molecule has 0 radical (unpaired) electrons. The van der Waals surface area contributed by atoms with Gasteiger partial charge in [0.05, 0.1) is 10.2 Å². The van der Waals surface area contributed by atoms with Crippen LogP contribution in [0.15, 0.2) is 30.6 Å². The number of thiophene rings is 1. The van der Waals surface area contributed by atoms with E-state index in [0.717, 1.165) is 32.1 Å². The molecule has 23 heavy (non-hydrogen) atoms. The summed E-state index contributed by atoms with van der Waals surface area (Å²) in [5, 5.41) is 9.29. The van der Waals surface area contributed by atoms with Crippen molar-refractivity contribution in [1.29, 1.82) is 0 Å². The molecule has 0 saturated carbocycles. The van der Waals surface area contributed by atoms with Crippen molar-refractivity contribution in [1.82, 2.24) is 19.7 Å². The first-order chi connectivity index (χ1) is 11.1. The van der Waals surface area contributed by atoms with Gasteiger partial charge in [0.1, 0.15) is 4.83 Å². The predicted octanol–water partition coefficient (Wildman–Crippen LogP) is 3.81. The molecule has 4 heterocycles. The van der Waals surface area contributed by atoms with Crippen LogP contribution in [0.1, 0.15) is 16.8 Å². The van der Waals surface area contributed by atoms with Crippen molar-refractivity contribution >= 4 is 37.6 Å². The summed E-state index contributed by atoms with van der Waals surface area (Å²) in [6.45, 7) is 4.88. The van der Waals surface area contributed by atoms with Crippen molar-refractivity contribution in [2.24, 2.45) is 7.05 Å². The van der Waals surface area contributed by atoms with Gasteiger partial charge in [-0.2, -0.15) is 5.10 Å². The van der Waals surface area contributed by atoms with Crippen molar-refractivity contribution < 1.29 is 0 Å². The summed E-state index contributed by atoms with van der Waals surface area (Å²) in [5.41, 5.74) is 4.60. The molecule has 0 bridgehead atoms. The van der Waals surface area contributed by atoms with Gasteiger partial charge in [0.15, 0.2) is 5.82 Å². The molecule has 1 N–H and O–H groups in total. The van der Waals surface area contributed by atoms with Gasteiger partial charge in [-0.15, -0.1) is 11.3 Å². The number of nitrogens with zero attached hydrogens (tertiary/aromatic N) is 4. The molecular weight excluding hydrogens is 306 g/mol. The number of aryl methyl sites for hydroxylation is 3. The summed E-state index contributed by atoms with van der Waals surface area (Å²) in [5.74, 6) is 0.909. The van der Waals surface area contributed by atoms with Crippen LogP contribution in [-0.2, 0) is 13.6 Å². The highest BCUT2D eigenvalue weighted by atomic mass is 32.1. The average Bonchev–Trinajstić information content (AvgIpc) is 3.04. The van der Waals surface area contributed by atoms with Crippen LogP contribution in [-0.4, -0.2) is 19.7 Å². The highest BCUT2D eigenvalue weighted by molar-refractivity contribution is 7.26. The second-order valence-electron chi connectivity index (χ2n) is 5.73. The summed E-state index contributed by atoms with van der Waals surface area (Å²) in [4.78, 5) is 9.91. The number of hydrogen-bond donors (Lipinski definition) is 1. The third kappa shape index (κ3) is 2.35. The van der Waals surface area contributed by atoms with Crippen LogP contribution in [0.2, 0.25) is 0 Å². The SMILES string of the molecule is Cc1cc(C)c2c(n1)sc1c(NCc3cccnc3)nn(C)c12. The molecule has 116 valence electrons. The summed E-state index contributed by atoms with van der Waals surface area (Å²) < 4.78 is 3.11. The van der Waals surface area contributed by atoms with Crippen LogP contribution >= 0.6 is 11.3 Å². The van der Waals surface area contributed by atoms with E-state index in [-0.39, 0.29) is 0 Å². The summed E-state index contributed by atoms with van der Waals surface area (Å²) in [6, 6.07) is 6.13. The molecule has 0 unspecified atom stereocenters. The first kappa shape index (κ1) is 14.1. The lowest BCUT2D eigenvalue weighted by atomic mass is 10.1. The Bertz CT molecular complexity index is 1000. The second-order valence-corrected chi connectivity index (χ2v) is 6.73. The number of nitrogens with one attached hydrogen (secondary N) is 1. The first-order valence-electron chi connectivity index (χ1n) is 7.49. The molecular formula is C17H17N5S. The Morgan fingerprint density at radius 3 is 2.96 bits per heavy atom. The van der Waals surface area contributed by atoms with Gasteiger partial charge in [-0.05, 0) is 37.1 Å². The van der Waals surface area contributed by atoms with Crippen LogP contribution in [0, 0.1) is 13.8 Å². The largest absolute Gasteiger partial charge is 0.363 e. The van der Waals surface area contributed by atoms with Crippen LogP contribution in [0.25, 0.3) is 20.4 Å². The van der Waals surface area contributed by atoms with Gasteiger partial charge in [0.25, 0.3) is 0 Å². The van der Waals surface area contributed by atoms with E-state index in [9.17, 15) is 0 Å². The number of fused-ring (bicyclic) bond motifs is 3. The lowest BCUT2D eigenvalue weighted by Gasteiger charge is -2.02. The molecule has 0 aliphatic rings. The predicted molar refractivity (Wildman–Crippen MR) is 94.9 cm³/mol. The quantitative estimate of drug-likeness (QED) is 0.623. The molecule has 0 amide bonds. The van der Waals surface area contributed by atoms with E-state index >= 15 is 0 Å². The van der Waals surface area contributed by atoms with Gasteiger partial charge in [0.2, 0.25) is 0 Å². The maximum absolute atomic E-state index is 4.69. The minimum atomic E-state index is 0.708. The minimum absolute atomic E-state index is 0.708. The highest BCUT2D eigenvalue weighted by Crippen LogP contribution is 2.38. The van der Waals surface area contributed by atoms with Crippen molar-refractivity contribution in [3.8, 4) is 0 Å². The molecule has 0 atom stereocenters. The van der Waals surface area contributed by atoms with Crippen molar-refractivity contribution in [2.45, 2.75) is 20.4 Å². The van der Waals surface area contributed by atoms with E-state index in [1.54, 1.807) is 17.5 Å². The van der Waals surface area contributed by atoms with Crippen LogP contribution in [0.4, 0.5) is 5.82 Å². The van der Waals surface area contributed by atoms with Gasteiger partial charge in [-0.1, -0.05) is 6.07 Å².